The Hall–Kier alpha value is -0.870. The van der Waals surface area contributed by atoms with Crippen LogP contribution in [0.1, 0.15) is 43.0 Å². The molecule has 110 valence electrons. The number of hydrogen-bond donors (Lipinski definition) is 1. The predicted octanol–water partition coefficient (Wildman–Crippen LogP) is 3.39. The first-order valence-electron chi connectivity index (χ1n) is 7.60. The SMILES string of the molecule is CC1CCCC(CN2CCc3sccc3C2)(C(=O)O)C1. The second-order valence-corrected chi connectivity index (χ2v) is 7.62. The van der Waals surface area contributed by atoms with Gasteiger partial charge < -0.3 is 5.11 Å². The normalized spacial score (nSPS) is 30.9. The summed E-state index contributed by atoms with van der Waals surface area (Å²) in [6.45, 7) is 4.87. The second-order valence-electron chi connectivity index (χ2n) is 6.62. The van der Waals surface area contributed by atoms with Crippen molar-refractivity contribution in [1.82, 2.24) is 4.90 Å². The van der Waals surface area contributed by atoms with Crippen molar-refractivity contribution in [2.24, 2.45) is 11.3 Å². The Balaban J connectivity index is 1.73. The zero-order valence-electron chi connectivity index (χ0n) is 12.1. The van der Waals surface area contributed by atoms with Crippen molar-refractivity contribution < 1.29 is 9.90 Å². The Labute approximate surface area is 124 Å². The molecule has 1 aromatic rings. The van der Waals surface area contributed by atoms with Gasteiger partial charge in [0.15, 0.2) is 0 Å². The molecule has 0 bridgehead atoms. The molecule has 2 heterocycles. The molecule has 0 aromatic carbocycles. The summed E-state index contributed by atoms with van der Waals surface area (Å²) in [7, 11) is 0. The van der Waals surface area contributed by atoms with Gasteiger partial charge in [-0.1, -0.05) is 19.8 Å². The number of fused-ring (bicyclic) bond motifs is 1. The fraction of sp³-hybridized carbons (Fsp3) is 0.688. The lowest BCUT2D eigenvalue weighted by molar-refractivity contribution is -0.153. The lowest BCUT2D eigenvalue weighted by Gasteiger charge is -2.41. The van der Waals surface area contributed by atoms with Crippen molar-refractivity contribution in [2.75, 3.05) is 13.1 Å². The third kappa shape index (κ3) is 2.63. The van der Waals surface area contributed by atoms with Crippen molar-refractivity contribution in [2.45, 2.75) is 45.6 Å². The van der Waals surface area contributed by atoms with E-state index in [0.29, 0.717) is 5.92 Å². The van der Waals surface area contributed by atoms with Crippen LogP contribution in [0.4, 0.5) is 0 Å². The molecule has 1 saturated carbocycles. The maximum atomic E-state index is 11.9. The van der Waals surface area contributed by atoms with Gasteiger partial charge in [0, 0.05) is 24.5 Å². The summed E-state index contributed by atoms with van der Waals surface area (Å²) >= 11 is 1.84. The first-order valence-corrected chi connectivity index (χ1v) is 8.48. The summed E-state index contributed by atoms with van der Waals surface area (Å²) in [5.74, 6) is -0.0403. The van der Waals surface area contributed by atoms with Gasteiger partial charge in [-0.05, 0) is 42.2 Å². The topological polar surface area (TPSA) is 40.5 Å². The molecule has 1 aromatic heterocycles. The Bertz CT molecular complexity index is 498. The molecule has 3 nitrogen and oxygen atoms in total. The standard InChI is InChI=1S/C16H23NO2S/c1-12-3-2-6-16(9-12,15(18)19)11-17-7-4-14-13(10-17)5-8-20-14/h5,8,12H,2-4,6-7,9-11H2,1H3,(H,18,19). The molecule has 1 aliphatic heterocycles. The molecule has 4 heteroatoms. The minimum atomic E-state index is -0.583. The number of carbonyl (C=O) groups is 1. The van der Waals surface area contributed by atoms with Crippen LogP contribution in [0.25, 0.3) is 0 Å². The first kappa shape index (κ1) is 14.1. The Morgan fingerprint density at radius 2 is 2.45 bits per heavy atom. The van der Waals surface area contributed by atoms with E-state index in [4.69, 9.17) is 0 Å². The number of rotatable bonds is 3. The van der Waals surface area contributed by atoms with Gasteiger partial charge in [-0.2, -0.15) is 0 Å². The van der Waals surface area contributed by atoms with Crippen LogP contribution >= 0.6 is 11.3 Å². The zero-order valence-corrected chi connectivity index (χ0v) is 12.9. The van der Waals surface area contributed by atoms with Gasteiger partial charge >= 0.3 is 5.97 Å². The van der Waals surface area contributed by atoms with Crippen LogP contribution in [0.15, 0.2) is 11.4 Å². The number of carboxylic acid groups (broad SMARTS) is 1. The maximum Gasteiger partial charge on any atom is 0.310 e. The lowest BCUT2D eigenvalue weighted by atomic mass is 9.69. The minimum Gasteiger partial charge on any atom is -0.481 e. The first-order chi connectivity index (χ1) is 9.59. The smallest absolute Gasteiger partial charge is 0.310 e. The molecular formula is C16H23NO2S. The van der Waals surface area contributed by atoms with E-state index in [0.717, 1.165) is 45.3 Å². The van der Waals surface area contributed by atoms with Crippen LogP contribution < -0.4 is 0 Å². The minimum absolute atomic E-state index is 0.509. The number of carboxylic acids is 1. The highest BCUT2D eigenvalue weighted by Gasteiger charge is 2.43. The van der Waals surface area contributed by atoms with Crippen molar-refractivity contribution in [3.8, 4) is 0 Å². The quantitative estimate of drug-likeness (QED) is 0.928. The van der Waals surface area contributed by atoms with Crippen molar-refractivity contribution in [3.05, 3.63) is 21.9 Å². The van der Waals surface area contributed by atoms with E-state index in [1.165, 1.54) is 16.9 Å². The molecule has 0 saturated heterocycles. The molecule has 0 spiro atoms. The molecule has 2 unspecified atom stereocenters. The molecule has 2 aliphatic rings. The Kier molecular flexibility index (Phi) is 3.87. The van der Waals surface area contributed by atoms with Gasteiger partial charge in [-0.15, -0.1) is 11.3 Å². The lowest BCUT2D eigenvalue weighted by Crippen LogP contribution is -2.47. The average molecular weight is 293 g/mol. The van der Waals surface area contributed by atoms with Crippen LogP contribution in [0.2, 0.25) is 0 Å². The highest BCUT2D eigenvalue weighted by Crippen LogP contribution is 2.41. The van der Waals surface area contributed by atoms with Crippen LogP contribution in [0, 0.1) is 11.3 Å². The molecule has 0 radical (unpaired) electrons. The molecule has 1 N–H and O–H groups in total. The maximum absolute atomic E-state index is 11.9. The third-order valence-corrected chi connectivity index (χ3v) is 5.98. The number of hydrogen-bond acceptors (Lipinski definition) is 3. The van der Waals surface area contributed by atoms with Gasteiger partial charge in [0.1, 0.15) is 0 Å². The van der Waals surface area contributed by atoms with E-state index in [1.807, 2.05) is 11.3 Å². The number of thiophene rings is 1. The second kappa shape index (κ2) is 5.49. The van der Waals surface area contributed by atoms with Gasteiger partial charge in [0.2, 0.25) is 0 Å². The molecular weight excluding hydrogens is 270 g/mol. The zero-order chi connectivity index (χ0) is 14.2. The van der Waals surface area contributed by atoms with Crippen LogP contribution in [-0.4, -0.2) is 29.1 Å². The third-order valence-electron chi connectivity index (χ3n) is 4.96. The van der Waals surface area contributed by atoms with Crippen molar-refractivity contribution >= 4 is 17.3 Å². The molecule has 1 aliphatic carbocycles. The van der Waals surface area contributed by atoms with Gasteiger partial charge in [0.25, 0.3) is 0 Å². The van der Waals surface area contributed by atoms with Crippen molar-refractivity contribution in [3.63, 3.8) is 0 Å². The highest BCUT2D eigenvalue weighted by atomic mass is 32.1. The summed E-state index contributed by atoms with van der Waals surface area (Å²) in [4.78, 5) is 15.7. The molecule has 2 atom stereocenters. The summed E-state index contributed by atoms with van der Waals surface area (Å²) < 4.78 is 0. The van der Waals surface area contributed by atoms with Crippen LogP contribution in [0.5, 0.6) is 0 Å². The Morgan fingerprint density at radius 3 is 3.20 bits per heavy atom. The van der Waals surface area contributed by atoms with E-state index in [1.54, 1.807) is 0 Å². The van der Waals surface area contributed by atoms with Crippen LogP contribution in [0.3, 0.4) is 0 Å². The fourth-order valence-corrected chi connectivity index (χ4v) is 4.83. The molecule has 20 heavy (non-hydrogen) atoms. The number of nitrogens with zero attached hydrogens (tertiary/aromatic N) is 1. The molecule has 1 fully saturated rings. The van der Waals surface area contributed by atoms with E-state index in [2.05, 4.69) is 23.3 Å². The summed E-state index contributed by atoms with van der Waals surface area (Å²) in [6.07, 6.45) is 5.02. The van der Waals surface area contributed by atoms with Crippen molar-refractivity contribution in [1.29, 1.82) is 0 Å². The summed E-state index contributed by atoms with van der Waals surface area (Å²) in [6, 6.07) is 2.20. The van der Waals surface area contributed by atoms with E-state index in [9.17, 15) is 9.90 Å². The number of aliphatic carboxylic acids is 1. The van der Waals surface area contributed by atoms with Gasteiger partial charge in [-0.25, -0.2) is 0 Å². The average Bonchev–Trinajstić information content (AvgIpc) is 2.86. The summed E-state index contributed by atoms with van der Waals surface area (Å²) in [5, 5.41) is 11.9. The van der Waals surface area contributed by atoms with E-state index >= 15 is 0 Å². The van der Waals surface area contributed by atoms with Gasteiger partial charge in [-0.3, -0.25) is 9.69 Å². The fourth-order valence-electron chi connectivity index (χ4n) is 3.94. The molecule has 3 rings (SSSR count). The van der Waals surface area contributed by atoms with Crippen LogP contribution in [-0.2, 0) is 17.8 Å². The Morgan fingerprint density at radius 1 is 1.60 bits per heavy atom. The molecule has 0 amide bonds. The summed E-state index contributed by atoms with van der Waals surface area (Å²) in [5.41, 5.74) is 0.899. The monoisotopic (exact) mass is 293 g/mol. The predicted molar refractivity (Wildman–Crippen MR) is 81.0 cm³/mol. The van der Waals surface area contributed by atoms with E-state index < -0.39 is 11.4 Å². The highest BCUT2D eigenvalue weighted by molar-refractivity contribution is 7.10. The van der Waals surface area contributed by atoms with Gasteiger partial charge in [0.05, 0.1) is 5.41 Å². The van der Waals surface area contributed by atoms with E-state index in [-0.39, 0.29) is 0 Å². The largest absolute Gasteiger partial charge is 0.481 e.